The number of aromatic amines is 2. The SMILES string of the molecule is CC[C@H](C)[C@@H]1NC(=O)CCCN(C(=O)c2cc[nH]c2)CCCNC(=O)c2ccc3[nH]c(=O)n(c3c2)CCCNC1=O. The first-order valence-corrected chi connectivity index (χ1v) is 14.3. The highest BCUT2D eigenvalue weighted by atomic mass is 16.2. The highest BCUT2D eigenvalue weighted by molar-refractivity contribution is 5.97. The second-order valence-corrected chi connectivity index (χ2v) is 10.5. The molecule has 220 valence electrons. The van der Waals surface area contributed by atoms with Crippen LogP contribution < -0.4 is 21.6 Å². The number of fused-ring (bicyclic) bond motifs is 1. The van der Waals surface area contributed by atoms with Crippen molar-refractivity contribution in [2.75, 3.05) is 26.2 Å². The minimum absolute atomic E-state index is 0.0769. The van der Waals surface area contributed by atoms with E-state index in [2.05, 4.69) is 25.9 Å². The first-order chi connectivity index (χ1) is 19.8. The Hall–Kier alpha value is -4.35. The average molecular weight is 566 g/mol. The van der Waals surface area contributed by atoms with E-state index in [4.69, 9.17) is 0 Å². The van der Waals surface area contributed by atoms with Gasteiger partial charge in [-0.25, -0.2) is 4.79 Å². The number of aryl methyl sites for hydroxylation is 1. The van der Waals surface area contributed by atoms with Crippen LogP contribution in [0.1, 0.15) is 66.7 Å². The van der Waals surface area contributed by atoms with Gasteiger partial charge in [0.05, 0.1) is 16.6 Å². The third kappa shape index (κ3) is 7.44. The zero-order chi connectivity index (χ0) is 29.4. The van der Waals surface area contributed by atoms with Gasteiger partial charge in [-0.05, 0) is 49.4 Å². The monoisotopic (exact) mass is 565 g/mol. The predicted molar refractivity (Wildman–Crippen MR) is 154 cm³/mol. The molecule has 12 nitrogen and oxygen atoms in total. The summed E-state index contributed by atoms with van der Waals surface area (Å²) in [6.45, 7) is 5.63. The van der Waals surface area contributed by atoms with Crippen molar-refractivity contribution in [1.29, 1.82) is 0 Å². The molecule has 12 heteroatoms. The number of amides is 4. The van der Waals surface area contributed by atoms with Crippen molar-refractivity contribution < 1.29 is 19.2 Å². The first-order valence-electron chi connectivity index (χ1n) is 14.3. The molecule has 0 spiro atoms. The summed E-state index contributed by atoms with van der Waals surface area (Å²) in [7, 11) is 0. The van der Waals surface area contributed by atoms with Crippen molar-refractivity contribution in [2.24, 2.45) is 5.92 Å². The lowest BCUT2D eigenvalue weighted by Crippen LogP contribution is -2.50. The van der Waals surface area contributed by atoms with Crippen LogP contribution in [0.2, 0.25) is 0 Å². The molecular formula is C29H39N7O5. The standard InChI is InChI=1S/C29H39N7O5/c1-3-19(2)25-27(39)32-12-6-16-36-23-17-20(8-9-22(23)33-29(36)41)26(38)31-11-5-15-35(14-4-7-24(37)34-25)28(40)21-10-13-30-18-21/h8-10,13,17-19,25,30H,3-7,11-12,14-16H2,1-2H3,(H,31,38)(H,32,39)(H,33,41)(H,34,37)/t19-,25-/m0/s1. The van der Waals surface area contributed by atoms with E-state index >= 15 is 0 Å². The van der Waals surface area contributed by atoms with Crippen molar-refractivity contribution in [2.45, 2.75) is 58.5 Å². The number of hydrogen-bond donors (Lipinski definition) is 5. The van der Waals surface area contributed by atoms with Crippen LogP contribution in [0.5, 0.6) is 0 Å². The van der Waals surface area contributed by atoms with E-state index in [1.54, 1.807) is 46.1 Å². The Kier molecular flexibility index (Phi) is 9.99. The molecule has 0 saturated heterocycles. The number of benzene rings is 1. The fourth-order valence-corrected chi connectivity index (χ4v) is 4.98. The Labute approximate surface area is 238 Å². The molecule has 0 aliphatic carbocycles. The van der Waals surface area contributed by atoms with E-state index in [0.717, 1.165) is 0 Å². The van der Waals surface area contributed by atoms with Gasteiger partial charge in [0, 0.05) is 57.1 Å². The lowest BCUT2D eigenvalue weighted by Gasteiger charge is -2.25. The third-order valence-corrected chi connectivity index (χ3v) is 7.56. The van der Waals surface area contributed by atoms with Gasteiger partial charge in [-0.2, -0.15) is 0 Å². The first kappa shape index (κ1) is 29.6. The van der Waals surface area contributed by atoms with Crippen LogP contribution in [0.4, 0.5) is 0 Å². The number of hydrogen-bond acceptors (Lipinski definition) is 5. The Balaban J connectivity index is 1.55. The van der Waals surface area contributed by atoms with Crippen LogP contribution in [0, 0.1) is 5.92 Å². The van der Waals surface area contributed by atoms with Crippen molar-refractivity contribution in [3.05, 3.63) is 58.3 Å². The van der Waals surface area contributed by atoms with Crippen LogP contribution in [-0.2, 0) is 16.1 Å². The molecule has 0 saturated carbocycles. The van der Waals surface area contributed by atoms with Gasteiger partial charge in [-0.15, -0.1) is 0 Å². The topological polar surface area (TPSA) is 161 Å². The maximum Gasteiger partial charge on any atom is 0.326 e. The van der Waals surface area contributed by atoms with Crippen molar-refractivity contribution >= 4 is 34.7 Å². The van der Waals surface area contributed by atoms with E-state index in [9.17, 15) is 24.0 Å². The zero-order valence-electron chi connectivity index (χ0n) is 23.6. The van der Waals surface area contributed by atoms with E-state index in [0.29, 0.717) is 80.6 Å². The molecule has 0 unspecified atom stereocenters. The number of rotatable bonds is 3. The average Bonchev–Trinajstić information content (AvgIpc) is 3.61. The summed E-state index contributed by atoms with van der Waals surface area (Å²) >= 11 is 0. The van der Waals surface area contributed by atoms with Gasteiger partial charge in [0.15, 0.2) is 0 Å². The molecule has 2 bridgehead atoms. The van der Waals surface area contributed by atoms with Gasteiger partial charge < -0.3 is 30.8 Å². The Morgan fingerprint density at radius 2 is 1.76 bits per heavy atom. The van der Waals surface area contributed by atoms with E-state index < -0.39 is 6.04 Å². The Bertz CT molecular complexity index is 1420. The number of aromatic nitrogens is 3. The molecule has 3 heterocycles. The summed E-state index contributed by atoms with van der Waals surface area (Å²) in [4.78, 5) is 71.8. The summed E-state index contributed by atoms with van der Waals surface area (Å²) in [6.07, 6.45) is 5.60. The van der Waals surface area contributed by atoms with Crippen LogP contribution in [0.3, 0.4) is 0 Å². The molecule has 1 aliphatic rings. The predicted octanol–water partition coefficient (Wildman–Crippen LogP) is 1.75. The maximum absolute atomic E-state index is 13.1. The van der Waals surface area contributed by atoms with Gasteiger partial charge in [0.2, 0.25) is 11.8 Å². The normalized spacial score (nSPS) is 19.2. The molecule has 5 N–H and O–H groups in total. The summed E-state index contributed by atoms with van der Waals surface area (Å²) in [5.41, 5.74) is 1.87. The van der Waals surface area contributed by atoms with Gasteiger partial charge in [0.25, 0.3) is 11.8 Å². The third-order valence-electron chi connectivity index (χ3n) is 7.56. The Morgan fingerprint density at radius 3 is 2.51 bits per heavy atom. The number of carbonyl (C=O) groups excluding carboxylic acids is 4. The lowest BCUT2D eigenvalue weighted by atomic mass is 9.98. The number of nitrogens with zero attached hydrogens (tertiary/aromatic N) is 2. The van der Waals surface area contributed by atoms with E-state index in [1.807, 2.05) is 13.8 Å². The molecule has 0 fully saturated rings. The highest BCUT2D eigenvalue weighted by Gasteiger charge is 2.26. The fraction of sp³-hybridized carbons (Fsp3) is 0.483. The van der Waals surface area contributed by atoms with Crippen LogP contribution >= 0.6 is 0 Å². The molecule has 2 aromatic heterocycles. The van der Waals surface area contributed by atoms with Crippen LogP contribution in [-0.4, -0.2) is 75.3 Å². The zero-order valence-corrected chi connectivity index (χ0v) is 23.6. The number of nitrogens with one attached hydrogen (secondary N) is 5. The largest absolute Gasteiger partial charge is 0.367 e. The summed E-state index contributed by atoms with van der Waals surface area (Å²) in [5.74, 6) is -1.04. The molecule has 0 radical (unpaired) electrons. The van der Waals surface area contributed by atoms with Crippen molar-refractivity contribution in [1.82, 2.24) is 35.4 Å². The highest BCUT2D eigenvalue weighted by Crippen LogP contribution is 2.14. The van der Waals surface area contributed by atoms with E-state index in [1.165, 1.54) is 0 Å². The van der Waals surface area contributed by atoms with E-state index in [-0.39, 0.29) is 41.7 Å². The second-order valence-electron chi connectivity index (χ2n) is 10.5. The molecule has 3 aromatic rings. The second kappa shape index (κ2) is 13.8. The maximum atomic E-state index is 13.1. The molecule has 2 atom stereocenters. The summed E-state index contributed by atoms with van der Waals surface area (Å²) in [6, 6.07) is 6.06. The number of carbonyl (C=O) groups is 4. The minimum Gasteiger partial charge on any atom is -0.367 e. The number of H-pyrrole nitrogens is 2. The lowest BCUT2D eigenvalue weighted by molar-refractivity contribution is -0.130. The fourth-order valence-electron chi connectivity index (χ4n) is 4.98. The van der Waals surface area contributed by atoms with Crippen LogP contribution in [0.15, 0.2) is 41.5 Å². The smallest absolute Gasteiger partial charge is 0.326 e. The summed E-state index contributed by atoms with van der Waals surface area (Å²) < 4.78 is 1.55. The molecule has 4 amide bonds. The van der Waals surface area contributed by atoms with Crippen LogP contribution in [0.25, 0.3) is 11.0 Å². The summed E-state index contributed by atoms with van der Waals surface area (Å²) in [5, 5.41) is 8.67. The Morgan fingerprint density at radius 1 is 1.00 bits per heavy atom. The van der Waals surface area contributed by atoms with Gasteiger partial charge in [0.1, 0.15) is 6.04 Å². The molecule has 41 heavy (non-hydrogen) atoms. The van der Waals surface area contributed by atoms with Gasteiger partial charge in [-0.1, -0.05) is 20.3 Å². The van der Waals surface area contributed by atoms with Crippen molar-refractivity contribution in [3.63, 3.8) is 0 Å². The van der Waals surface area contributed by atoms with Gasteiger partial charge >= 0.3 is 5.69 Å². The van der Waals surface area contributed by atoms with Crippen molar-refractivity contribution in [3.8, 4) is 0 Å². The van der Waals surface area contributed by atoms with Gasteiger partial charge in [-0.3, -0.25) is 23.7 Å². The quantitative estimate of drug-likeness (QED) is 0.327. The molecular weight excluding hydrogens is 526 g/mol. The molecule has 4 rings (SSSR count). The molecule has 1 aromatic carbocycles. The minimum atomic E-state index is -0.686. The number of imidazole rings is 1. The molecule has 1 aliphatic heterocycles.